The van der Waals surface area contributed by atoms with Gasteiger partial charge in [0.25, 0.3) is 0 Å². The Morgan fingerprint density at radius 3 is 1.44 bits per heavy atom. The summed E-state index contributed by atoms with van der Waals surface area (Å²) in [4.78, 5) is 12.4. The number of thioether (sulfide) groups is 3. The van der Waals surface area contributed by atoms with Gasteiger partial charge in [-0.2, -0.15) is 35.3 Å². The molecule has 3 heterocycles. The van der Waals surface area contributed by atoms with Crippen LogP contribution in [0.4, 0.5) is 0 Å². The molecule has 4 rings (SSSR count). The molecule has 27 heavy (non-hydrogen) atoms. The number of rotatable bonds is 4. The highest BCUT2D eigenvalue weighted by atomic mass is 32.2. The van der Waals surface area contributed by atoms with Crippen molar-refractivity contribution in [3.8, 4) is 0 Å². The predicted molar refractivity (Wildman–Crippen MR) is 121 cm³/mol. The monoisotopic (exact) mass is 422 g/mol. The van der Waals surface area contributed by atoms with Crippen LogP contribution < -0.4 is 0 Å². The Bertz CT molecular complexity index is 619. The minimum Gasteiger partial charge on any atom is -0.478 e. The Kier molecular flexibility index (Phi) is 7.04. The van der Waals surface area contributed by atoms with Gasteiger partial charge in [-0.1, -0.05) is 12.1 Å². The lowest BCUT2D eigenvalue weighted by Crippen LogP contribution is -2.20. The van der Waals surface area contributed by atoms with E-state index in [1.807, 2.05) is 23.5 Å². The summed E-state index contributed by atoms with van der Waals surface area (Å²) in [5.74, 6) is 7.98. The number of benzene rings is 1. The molecule has 0 bridgehead atoms. The molecule has 0 saturated carbocycles. The summed E-state index contributed by atoms with van der Waals surface area (Å²) >= 11 is 6.10. The molecule has 148 valence electrons. The van der Waals surface area contributed by atoms with Gasteiger partial charge in [0.2, 0.25) is 0 Å². The Labute approximate surface area is 176 Å². The maximum atomic E-state index is 12.4. The summed E-state index contributed by atoms with van der Waals surface area (Å²) in [5.41, 5.74) is 4.47. The molecule has 0 radical (unpaired) electrons. The number of carboxylic acids is 1. The van der Waals surface area contributed by atoms with Crippen LogP contribution in [0.25, 0.3) is 0 Å². The Morgan fingerprint density at radius 1 is 0.704 bits per heavy atom. The van der Waals surface area contributed by atoms with Crippen LogP contribution in [0.3, 0.4) is 0 Å². The molecule has 1 aromatic rings. The van der Waals surface area contributed by atoms with Crippen LogP contribution in [0.1, 0.15) is 83.3 Å². The molecule has 0 aliphatic carbocycles. The zero-order valence-electron chi connectivity index (χ0n) is 16.0. The summed E-state index contributed by atoms with van der Waals surface area (Å²) in [6, 6.07) is 4.65. The van der Waals surface area contributed by atoms with Crippen LogP contribution >= 0.6 is 35.3 Å². The van der Waals surface area contributed by atoms with Gasteiger partial charge in [-0.15, -0.1) is 0 Å². The van der Waals surface area contributed by atoms with E-state index in [1.165, 1.54) is 64.0 Å². The van der Waals surface area contributed by atoms with Crippen molar-refractivity contribution in [2.45, 2.75) is 56.3 Å². The van der Waals surface area contributed by atoms with Crippen LogP contribution in [0.15, 0.2) is 12.1 Å². The predicted octanol–water partition coefficient (Wildman–Crippen LogP) is 6.22. The van der Waals surface area contributed by atoms with Gasteiger partial charge < -0.3 is 5.11 Å². The van der Waals surface area contributed by atoms with Crippen molar-refractivity contribution in [1.29, 1.82) is 0 Å². The van der Waals surface area contributed by atoms with E-state index in [0.29, 0.717) is 23.3 Å². The molecule has 0 aromatic heterocycles. The number of hydrogen-bond acceptors (Lipinski definition) is 4. The van der Waals surface area contributed by atoms with Gasteiger partial charge in [-0.3, -0.25) is 0 Å². The zero-order chi connectivity index (χ0) is 18.6. The molecule has 1 aromatic carbocycles. The molecule has 1 N–H and O–H groups in total. The quantitative estimate of drug-likeness (QED) is 0.624. The second-order valence-corrected chi connectivity index (χ2v) is 11.7. The van der Waals surface area contributed by atoms with Crippen molar-refractivity contribution < 1.29 is 9.90 Å². The highest BCUT2D eigenvalue weighted by Crippen LogP contribution is 2.43. The normalized spacial score (nSPS) is 23.4. The fourth-order valence-electron chi connectivity index (χ4n) is 4.89. The third kappa shape index (κ3) is 4.67. The topological polar surface area (TPSA) is 37.3 Å². The molecule has 3 saturated heterocycles. The van der Waals surface area contributed by atoms with Gasteiger partial charge in [0, 0.05) is 0 Å². The maximum absolute atomic E-state index is 12.4. The van der Waals surface area contributed by atoms with Gasteiger partial charge in [0.15, 0.2) is 0 Å². The van der Waals surface area contributed by atoms with Crippen LogP contribution in [0.5, 0.6) is 0 Å². The lowest BCUT2D eigenvalue weighted by Gasteiger charge is -2.31. The SMILES string of the molecule is O=C(O)c1c(C2CCSCC2)cc(C2CCSCC2)cc1C1CCSCC1. The average molecular weight is 423 g/mol. The average Bonchev–Trinajstić information content (AvgIpc) is 2.74. The lowest BCUT2D eigenvalue weighted by atomic mass is 9.78. The van der Waals surface area contributed by atoms with Gasteiger partial charge in [-0.25, -0.2) is 4.79 Å². The summed E-state index contributed by atoms with van der Waals surface area (Å²) in [7, 11) is 0. The first-order valence-electron chi connectivity index (χ1n) is 10.4. The Morgan fingerprint density at radius 2 is 1.07 bits per heavy atom. The lowest BCUT2D eigenvalue weighted by molar-refractivity contribution is 0.0693. The van der Waals surface area contributed by atoms with Crippen LogP contribution in [-0.4, -0.2) is 45.6 Å². The first-order chi connectivity index (χ1) is 13.2. The van der Waals surface area contributed by atoms with Gasteiger partial charge in [0.05, 0.1) is 5.56 Å². The summed E-state index contributed by atoms with van der Waals surface area (Å²) in [6.07, 6.45) is 7.03. The highest BCUT2D eigenvalue weighted by molar-refractivity contribution is 7.99. The largest absolute Gasteiger partial charge is 0.478 e. The molecule has 5 heteroatoms. The van der Waals surface area contributed by atoms with E-state index in [4.69, 9.17) is 0 Å². The second kappa shape index (κ2) is 9.49. The zero-order valence-corrected chi connectivity index (χ0v) is 18.4. The number of carboxylic acid groups (broad SMARTS) is 1. The first-order valence-corrected chi connectivity index (χ1v) is 13.8. The van der Waals surface area contributed by atoms with Crippen LogP contribution in [-0.2, 0) is 0 Å². The Hall–Kier alpha value is -0.260. The van der Waals surface area contributed by atoms with Crippen molar-refractivity contribution in [2.75, 3.05) is 34.5 Å². The van der Waals surface area contributed by atoms with E-state index in [1.54, 1.807) is 0 Å². The van der Waals surface area contributed by atoms with Crippen molar-refractivity contribution in [2.24, 2.45) is 0 Å². The van der Waals surface area contributed by atoms with Gasteiger partial charge >= 0.3 is 5.97 Å². The third-order valence-electron chi connectivity index (χ3n) is 6.45. The molecule has 2 nitrogen and oxygen atoms in total. The molecule has 3 aliphatic heterocycles. The molecular weight excluding hydrogens is 392 g/mol. The summed E-state index contributed by atoms with van der Waals surface area (Å²) in [6.45, 7) is 0. The smallest absolute Gasteiger partial charge is 0.336 e. The van der Waals surface area contributed by atoms with Gasteiger partial charge in [0.1, 0.15) is 0 Å². The van der Waals surface area contributed by atoms with E-state index in [2.05, 4.69) is 23.9 Å². The molecule has 0 unspecified atom stereocenters. The van der Waals surface area contributed by atoms with E-state index >= 15 is 0 Å². The Balaban J connectivity index is 1.79. The minimum atomic E-state index is -0.692. The second-order valence-electron chi connectivity index (χ2n) is 8.04. The van der Waals surface area contributed by atoms with E-state index in [0.717, 1.165) is 25.7 Å². The molecule has 0 atom stereocenters. The van der Waals surface area contributed by atoms with Gasteiger partial charge in [-0.05, 0) is 107 Å². The molecule has 0 amide bonds. The fraction of sp³-hybridized carbons (Fsp3) is 0.682. The van der Waals surface area contributed by atoms with Crippen molar-refractivity contribution in [3.63, 3.8) is 0 Å². The molecular formula is C22H30O2S3. The van der Waals surface area contributed by atoms with Crippen LogP contribution in [0, 0.1) is 0 Å². The highest BCUT2D eigenvalue weighted by Gasteiger charge is 2.30. The standard InChI is InChI=1S/C22H30O2S3/c23-22(24)21-19(16-3-9-26-10-4-16)13-18(15-1-7-25-8-2-15)14-20(21)17-5-11-27-12-6-17/h13-17H,1-12H2,(H,23,24). The minimum absolute atomic E-state index is 0.437. The van der Waals surface area contributed by atoms with E-state index < -0.39 is 5.97 Å². The fourth-order valence-corrected chi connectivity index (χ4v) is 8.21. The van der Waals surface area contributed by atoms with E-state index in [9.17, 15) is 9.90 Å². The van der Waals surface area contributed by atoms with Crippen molar-refractivity contribution in [1.82, 2.24) is 0 Å². The van der Waals surface area contributed by atoms with Crippen molar-refractivity contribution in [3.05, 3.63) is 34.4 Å². The summed E-state index contributed by atoms with van der Waals surface area (Å²) < 4.78 is 0. The number of aromatic carboxylic acids is 1. The van der Waals surface area contributed by atoms with Crippen LogP contribution in [0.2, 0.25) is 0 Å². The number of carbonyl (C=O) groups is 1. The summed E-state index contributed by atoms with van der Waals surface area (Å²) in [5, 5.41) is 10.2. The number of hydrogen-bond donors (Lipinski definition) is 1. The molecule has 3 fully saturated rings. The van der Waals surface area contributed by atoms with Crippen molar-refractivity contribution >= 4 is 41.3 Å². The van der Waals surface area contributed by atoms with E-state index in [-0.39, 0.29) is 0 Å². The third-order valence-corrected chi connectivity index (χ3v) is 9.60. The first kappa shape index (κ1) is 20.0. The molecule has 3 aliphatic rings. The maximum Gasteiger partial charge on any atom is 0.336 e. The molecule has 0 spiro atoms.